The first-order valence-electron chi connectivity index (χ1n) is 10.4. The highest BCUT2D eigenvalue weighted by Gasteiger charge is 2.54. The van der Waals surface area contributed by atoms with E-state index in [1.54, 1.807) is 6.92 Å². The van der Waals surface area contributed by atoms with Crippen molar-refractivity contribution in [3.63, 3.8) is 0 Å². The molecule has 1 unspecified atom stereocenters. The van der Waals surface area contributed by atoms with Gasteiger partial charge in [-0.3, -0.25) is 10.1 Å². The number of hydrogen-bond acceptors (Lipinski definition) is 9. The third-order valence-corrected chi connectivity index (χ3v) is 8.62. The van der Waals surface area contributed by atoms with Gasteiger partial charge in [-0.05, 0) is 55.6 Å². The molecule has 3 heterocycles. The standard InChI is InChI=1S/C23H18N4O4S3/c1-12-17(25-22(30)31-13(2)14-6-4-3-5-7-14)15(34-27-12)8-9-16-24-18-19(32-16)33-20(26-18)23(10-11-23)21(28)29/h3-7,13H,10-11H2,1-2H3,(H,25,30)(H,28,29). The molecule has 0 saturated heterocycles. The van der Waals surface area contributed by atoms with E-state index in [-0.39, 0.29) is 0 Å². The van der Waals surface area contributed by atoms with Crippen LogP contribution in [-0.2, 0) is 14.9 Å². The first kappa shape index (κ1) is 22.5. The summed E-state index contributed by atoms with van der Waals surface area (Å²) in [4.78, 5) is 33.5. The van der Waals surface area contributed by atoms with E-state index in [2.05, 4.69) is 31.5 Å². The van der Waals surface area contributed by atoms with Crippen LogP contribution < -0.4 is 5.32 Å². The van der Waals surface area contributed by atoms with Crippen LogP contribution in [0.5, 0.6) is 0 Å². The Morgan fingerprint density at radius 2 is 1.94 bits per heavy atom. The summed E-state index contributed by atoms with van der Waals surface area (Å²) >= 11 is 3.93. The molecule has 34 heavy (non-hydrogen) atoms. The lowest BCUT2D eigenvalue weighted by Crippen LogP contribution is -2.18. The van der Waals surface area contributed by atoms with Crippen molar-refractivity contribution in [3.8, 4) is 11.8 Å². The molecular formula is C23H18N4O4S3. The summed E-state index contributed by atoms with van der Waals surface area (Å²) in [6.45, 7) is 3.60. The van der Waals surface area contributed by atoms with Crippen LogP contribution in [0.15, 0.2) is 30.3 Å². The molecule has 1 aliphatic carbocycles. The number of carbonyl (C=O) groups is 2. The molecule has 1 saturated carbocycles. The van der Waals surface area contributed by atoms with E-state index in [0.717, 1.165) is 9.58 Å². The Balaban J connectivity index is 1.30. The van der Waals surface area contributed by atoms with Gasteiger partial charge in [0.1, 0.15) is 25.4 Å². The third-order valence-electron chi connectivity index (χ3n) is 5.47. The minimum absolute atomic E-state index is 0.404. The van der Waals surface area contributed by atoms with E-state index in [9.17, 15) is 14.7 Å². The second-order valence-corrected chi connectivity index (χ2v) is 10.9. The fourth-order valence-electron chi connectivity index (χ4n) is 3.34. The quantitative estimate of drug-likeness (QED) is 0.348. The predicted octanol–water partition coefficient (Wildman–Crippen LogP) is 5.34. The summed E-state index contributed by atoms with van der Waals surface area (Å²) < 4.78 is 10.6. The van der Waals surface area contributed by atoms with Crippen LogP contribution in [0.25, 0.3) is 9.66 Å². The number of aromatic nitrogens is 3. The van der Waals surface area contributed by atoms with Gasteiger partial charge in [0, 0.05) is 0 Å². The molecular weight excluding hydrogens is 492 g/mol. The number of amides is 1. The van der Waals surface area contributed by atoms with E-state index < -0.39 is 23.6 Å². The van der Waals surface area contributed by atoms with Gasteiger partial charge in [0.15, 0.2) is 10.7 Å². The Morgan fingerprint density at radius 1 is 1.18 bits per heavy atom. The summed E-state index contributed by atoms with van der Waals surface area (Å²) in [7, 11) is 0. The maximum atomic E-state index is 12.5. The van der Waals surface area contributed by atoms with Crippen molar-refractivity contribution in [2.75, 3.05) is 5.32 Å². The Bertz CT molecular complexity index is 1430. The summed E-state index contributed by atoms with van der Waals surface area (Å²) in [5.41, 5.74) is 1.75. The highest BCUT2D eigenvalue weighted by Crippen LogP contribution is 2.51. The number of benzene rings is 1. The molecule has 4 aromatic rings. The normalized spacial score (nSPS) is 14.8. The Hall–Kier alpha value is -3.33. The molecule has 172 valence electrons. The van der Waals surface area contributed by atoms with E-state index in [1.807, 2.05) is 37.3 Å². The largest absolute Gasteiger partial charge is 0.481 e. The van der Waals surface area contributed by atoms with E-state index >= 15 is 0 Å². The number of thiazole rings is 2. The predicted molar refractivity (Wildman–Crippen MR) is 132 cm³/mol. The molecule has 1 aliphatic rings. The number of ether oxygens (including phenoxy) is 1. The molecule has 0 spiro atoms. The molecule has 0 aliphatic heterocycles. The van der Waals surface area contributed by atoms with Crippen LogP contribution in [0.1, 0.15) is 52.0 Å². The third kappa shape index (κ3) is 4.27. The Kier molecular flexibility index (Phi) is 5.81. The molecule has 1 amide bonds. The number of aryl methyl sites for hydroxylation is 1. The summed E-state index contributed by atoms with van der Waals surface area (Å²) in [5.74, 6) is 5.22. The summed E-state index contributed by atoms with van der Waals surface area (Å²) in [5, 5.41) is 13.4. The number of nitrogens with zero attached hydrogens (tertiary/aromatic N) is 3. The number of rotatable bonds is 5. The monoisotopic (exact) mass is 510 g/mol. The SMILES string of the molecule is Cc1nsc(C#Cc2nc3nc(C4(C(=O)O)CC4)sc3s2)c1NC(=O)OC(C)c1ccccc1. The summed E-state index contributed by atoms with van der Waals surface area (Å²) in [6, 6.07) is 9.48. The lowest BCUT2D eigenvalue weighted by Gasteiger charge is -2.14. The van der Waals surface area contributed by atoms with Gasteiger partial charge in [0.25, 0.3) is 0 Å². The molecule has 2 N–H and O–H groups in total. The highest BCUT2D eigenvalue weighted by atomic mass is 32.2. The number of fused-ring (bicyclic) bond motifs is 1. The number of hydrogen-bond donors (Lipinski definition) is 2. The lowest BCUT2D eigenvalue weighted by atomic mass is 10.1. The van der Waals surface area contributed by atoms with Crippen molar-refractivity contribution < 1.29 is 19.4 Å². The first-order valence-corrected chi connectivity index (χ1v) is 12.8. The Labute approximate surface area is 206 Å². The van der Waals surface area contributed by atoms with Crippen molar-refractivity contribution in [2.24, 2.45) is 0 Å². The van der Waals surface area contributed by atoms with Crippen molar-refractivity contribution >= 4 is 61.6 Å². The van der Waals surface area contributed by atoms with Gasteiger partial charge in [-0.15, -0.1) is 11.3 Å². The van der Waals surface area contributed by atoms with Crippen LogP contribution in [0, 0.1) is 18.8 Å². The fraction of sp³-hybridized carbons (Fsp3) is 0.261. The number of carbonyl (C=O) groups excluding carboxylic acids is 1. The highest BCUT2D eigenvalue weighted by molar-refractivity contribution is 7.38. The van der Waals surface area contributed by atoms with Crippen LogP contribution in [-0.4, -0.2) is 31.5 Å². The van der Waals surface area contributed by atoms with Gasteiger partial charge in [0.05, 0.1) is 11.4 Å². The zero-order valence-electron chi connectivity index (χ0n) is 18.1. The van der Waals surface area contributed by atoms with Crippen LogP contribution in [0.4, 0.5) is 10.5 Å². The minimum atomic E-state index is -0.829. The number of nitrogens with one attached hydrogen (secondary N) is 1. The van der Waals surface area contributed by atoms with Crippen molar-refractivity contribution in [1.82, 2.24) is 14.3 Å². The van der Waals surface area contributed by atoms with Crippen LogP contribution in [0.2, 0.25) is 0 Å². The van der Waals surface area contributed by atoms with E-state index in [4.69, 9.17) is 4.74 Å². The van der Waals surface area contributed by atoms with Crippen molar-refractivity contribution in [2.45, 2.75) is 38.2 Å². The maximum Gasteiger partial charge on any atom is 0.412 e. The van der Waals surface area contributed by atoms with Gasteiger partial charge in [-0.2, -0.15) is 4.37 Å². The molecule has 8 nitrogen and oxygen atoms in total. The second-order valence-electron chi connectivity index (χ2n) is 7.84. The van der Waals surface area contributed by atoms with Crippen molar-refractivity contribution in [3.05, 3.63) is 56.5 Å². The topological polar surface area (TPSA) is 114 Å². The lowest BCUT2D eigenvalue weighted by molar-refractivity contribution is -0.140. The van der Waals surface area contributed by atoms with Gasteiger partial charge in [0.2, 0.25) is 0 Å². The molecule has 1 atom stereocenters. The van der Waals surface area contributed by atoms with Gasteiger partial charge < -0.3 is 9.84 Å². The molecule has 11 heteroatoms. The smallest absolute Gasteiger partial charge is 0.412 e. The molecule has 0 bridgehead atoms. The number of aliphatic carboxylic acids is 1. The molecule has 3 aromatic heterocycles. The molecule has 0 radical (unpaired) electrons. The second kappa shape index (κ2) is 8.79. The van der Waals surface area contributed by atoms with Gasteiger partial charge in [-0.1, -0.05) is 41.7 Å². The van der Waals surface area contributed by atoms with Crippen LogP contribution in [0.3, 0.4) is 0 Å². The molecule has 1 fully saturated rings. The average Bonchev–Trinajstić information content (AvgIpc) is 3.26. The van der Waals surface area contributed by atoms with Crippen LogP contribution >= 0.6 is 34.2 Å². The minimum Gasteiger partial charge on any atom is -0.481 e. The zero-order chi connectivity index (χ0) is 23.9. The van der Waals surface area contributed by atoms with E-state index in [1.165, 1.54) is 34.2 Å². The molecule has 5 rings (SSSR count). The number of carboxylic acids is 1. The zero-order valence-corrected chi connectivity index (χ0v) is 20.6. The number of anilines is 1. The summed E-state index contributed by atoms with van der Waals surface area (Å²) in [6.07, 6.45) is 0.242. The first-order chi connectivity index (χ1) is 16.4. The van der Waals surface area contributed by atoms with Gasteiger partial charge in [-0.25, -0.2) is 14.8 Å². The van der Waals surface area contributed by atoms with Crippen molar-refractivity contribution in [1.29, 1.82) is 0 Å². The Morgan fingerprint density at radius 3 is 2.62 bits per heavy atom. The average molecular weight is 511 g/mol. The van der Waals surface area contributed by atoms with E-state index in [0.29, 0.717) is 44.8 Å². The molecule has 1 aromatic carbocycles. The number of carboxylic acid groups (broad SMARTS) is 1. The maximum absolute atomic E-state index is 12.5. The fourth-order valence-corrected chi connectivity index (χ4v) is 6.26. The van der Waals surface area contributed by atoms with Gasteiger partial charge >= 0.3 is 12.1 Å².